The molecule has 1 aromatic heterocycles. The van der Waals surface area contributed by atoms with Gasteiger partial charge in [0.15, 0.2) is 5.75 Å². The van der Waals surface area contributed by atoms with Crippen molar-refractivity contribution in [2.24, 2.45) is 0 Å². The summed E-state index contributed by atoms with van der Waals surface area (Å²) in [6, 6.07) is 0. The number of nitrogens with zero attached hydrogens (tertiary/aromatic N) is 3. The van der Waals surface area contributed by atoms with E-state index in [1.54, 1.807) is 13.3 Å². The predicted octanol–water partition coefficient (Wildman–Crippen LogP) is 0.0243. The second kappa shape index (κ2) is 5.90. The largest absolute Gasteiger partial charge is 0.493 e. The molecule has 0 amide bonds. The zero-order chi connectivity index (χ0) is 13.9. The van der Waals surface area contributed by atoms with Crippen LogP contribution >= 0.6 is 0 Å². The number of likely N-dealkylation sites (N-methyl/N-ethyl adjacent to an activating group) is 1. The first kappa shape index (κ1) is 14.3. The second-order valence-electron chi connectivity index (χ2n) is 5.37. The molecule has 19 heavy (non-hydrogen) atoms. The number of rotatable bonds is 5. The highest BCUT2D eigenvalue weighted by Gasteiger charge is 2.37. The molecule has 108 valence electrons. The summed E-state index contributed by atoms with van der Waals surface area (Å²) in [5.41, 5.74) is -0.0160. The molecule has 2 heterocycles. The second-order valence-corrected chi connectivity index (χ2v) is 5.37. The normalized spacial score (nSPS) is 18.8. The Morgan fingerprint density at radius 3 is 2.74 bits per heavy atom. The highest BCUT2D eigenvalue weighted by Crippen LogP contribution is 2.36. The molecular weight excluding hydrogens is 244 g/mol. The van der Waals surface area contributed by atoms with Crippen molar-refractivity contribution in [3.05, 3.63) is 11.9 Å². The van der Waals surface area contributed by atoms with E-state index in [0.29, 0.717) is 18.6 Å². The van der Waals surface area contributed by atoms with Gasteiger partial charge in [0.05, 0.1) is 19.9 Å². The van der Waals surface area contributed by atoms with Gasteiger partial charge in [0, 0.05) is 6.54 Å². The van der Waals surface area contributed by atoms with E-state index in [9.17, 15) is 5.11 Å². The Balaban J connectivity index is 2.27. The molecule has 1 fully saturated rings. The number of aromatic nitrogens is 2. The van der Waals surface area contributed by atoms with Gasteiger partial charge in [-0.3, -0.25) is 4.68 Å². The van der Waals surface area contributed by atoms with Gasteiger partial charge in [0.2, 0.25) is 0 Å². The summed E-state index contributed by atoms with van der Waals surface area (Å²) in [6.07, 6.45) is 3.08. The summed E-state index contributed by atoms with van der Waals surface area (Å²) < 4.78 is 7.25. The van der Waals surface area contributed by atoms with E-state index in [1.807, 2.05) is 18.8 Å². The van der Waals surface area contributed by atoms with Gasteiger partial charge in [0.1, 0.15) is 11.3 Å². The van der Waals surface area contributed by atoms with E-state index >= 15 is 0 Å². The van der Waals surface area contributed by atoms with Crippen LogP contribution in [0.2, 0.25) is 0 Å². The minimum Gasteiger partial charge on any atom is -0.493 e. The molecule has 1 aliphatic rings. The number of aliphatic hydroxyl groups is 1. The van der Waals surface area contributed by atoms with Crippen LogP contribution in [0.15, 0.2) is 6.20 Å². The highest BCUT2D eigenvalue weighted by atomic mass is 16.5. The third kappa shape index (κ3) is 3.08. The van der Waals surface area contributed by atoms with Gasteiger partial charge in [-0.25, -0.2) is 0 Å². The lowest BCUT2D eigenvalue weighted by atomic mass is 9.88. The molecule has 0 saturated carbocycles. The molecule has 0 aliphatic carbocycles. The predicted molar refractivity (Wildman–Crippen MR) is 73.3 cm³/mol. The summed E-state index contributed by atoms with van der Waals surface area (Å²) in [6.45, 7) is 3.27. The molecule has 0 aromatic carbocycles. The van der Waals surface area contributed by atoms with Crippen molar-refractivity contribution in [1.29, 1.82) is 0 Å². The summed E-state index contributed by atoms with van der Waals surface area (Å²) in [7, 11) is 5.68. The standard InChI is InChI=1S/C13H24N4O2/c1-16(2)8-9-17-12(11(19-3)10-15-17)13(18)4-6-14-7-5-13/h10,14,18H,4-9H2,1-3H3. The lowest BCUT2D eigenvalue weighted by Gasteiger charge is -2.33. The zero-order valence-corrected chi connectivity index (χ0v) is 12.0. The molecule has 0 unspecified atom stereocenters. The van der Waals surface area contributed by atoms with Crippen LogP contribution in [0.4, 0.5) is 0 Å². The molecule has 0 atom stereocenters. The van der Waals surface area contributed by atoms with Gasteiger partial charge in [-0.1, -0.05) is 0 Å². The van der Waals surface area contributed by atoms with Gasteiger partial charge < -0.3 is 20.1 Å². The molecule has 1 aromatic rings. The Bertz CT molecular complexity index is 411. The van der Waals surface area contributed by atoms with Crippen LogP contribution in [0, 0.1) is 0 Å². The molecule has 1 saturated heterocycles. The lowest BCUT2D eigenvalue weighted by molar-refractivity contribution is -0.00464. The van der Waals surface area contributed by atoms with Gasteiger partial charge >= 0.3 is 0 Å². The average molecular weight is 268 g/mol. The Kier molecular flexibility index (Phi) is 4.44. The first-order valence-electron chi connectivity index (χ1n) is 6.75. The van der Waals surface area contributed by atoms with Gasteiger partial charge in [-0.2, -0.15) is 5.10 Å². The van der Waals surface area contributed by atoms with E-state index < -0.39 is 5.60 Å². The van der Waals surface area contributed by atoms with Crippen LogP contribution in [0.5, 0.6) is 5.75 Å². The fraction of sp³-hybridized carbons (Fsp3) is 0.769. The molecular formula is C13H24N4O2. The Labute approximate surface area is 114 Å². The number of hydrogen-bond acceptors (Lipinski definition) is 5. The van der Waals surface area contributed by atoms with Crippen LogP contribution in [0.1, 0.15) is 18.5 Å². The molecule has 2 rings (SSSR count). The number of piperidine rings is 1. The highest BCUT2D eigenvalue weighted by molar-refractivity contribution is 5.31. The summed E-state index contributed by atoms with van der Waals surface area (Å²) in [4.78, 5) is 2.10. The quantitative estimate of drug-likeness (QED) is 0.788. The smallest absolute Gasteiger partial charge is 0.162 e. The number of hydrogen-bond donors (Lipinski definition) is 2. The first-order chi connectivity index (χ1) is 9.07. The molecule has 6 heteroatoms. The minimum absolute atomic E-state index is 0.683. The lowest BCUT2D eigenvalue weighted by Crippen LogP contribution is -2.41. The number of nitrogens with one attached hydrogen (secondary N) is 1. The first-order valence-corrected chi connectivity index (χ1v) is 6.75. The fourth-order valence-electron chi connectivity index (χ4n) is 2.53. The van der Waals surface area contributed by atoms with Gasteiger partial charge in [0.25, 0.3) is 0 Å². The van der Waals surface area contributed by atoms with Gasteiger partial charge in [-0.05, 0) is 40.0 Å². The number of ether oxygens (including phenoxy) is 1. The maximum Gasteiger partial charge on any atom is 0.162 e. The van der Waals surface area contributed by atoms with E-state index in [-0.39, 0.29) is 0 Å². The van der Waals surface area contributed by atoms with Crippen LogP contribution in [-0.2, 0) is 12.1 Å². The van der Waals surface area contributed by atoms with Crippen molar-refractivity contribution in [3.8, 4) is 5.75 Å². The van der Waals surface area contributed by atoms with E-state index in [2.05, 4.69) is 15.3 Å². The Hall–Kier alpha value is -1.11. The monoisotopic (exact) mass is 268 g/mol. The van der Waals surface area contributed by atoms with Crippen LogP contribution < -0.4 is 10.1 Å². The summed E-state index contributed by atoms with van der Waals surface area (Å²) in [5, 5.41) is 18.5. The van der Waals surface area contributed by atoms with Crippen LogP contribution in [0.25, 0.3) is 0 Å². The third-order valence-corrected chi connectivity index (χ3v) is 3.66. The van der Waals surface area contributed by atoms with Crippen molar-refractivity contribution in [2.75, 3.05) is 40.8 Å². The SMILES string of the molecule is COc1cnn(CCN(C)C)c1C1(O)CCNCC1. The van der Waals surface area contributed by atoms with Crippen molar-refractivity contribution in [3.63, 3.8) is 0 Å². The molecule has 0 spiro atoms. The van der Waals surface area contributed by atoms with Crippen LogP contribution in [-0.4, -0.2) is 60.6 Å². The third-order valence-electron chi connectivity index (χ3n) is 3.66. The fourth-order valence-corrected chi connectivity index (χ4v) is 2.53. The molecule has 2 N–H and O–H groups in total. The van der Waals surface area contributed by atoms with E-state index in [1.165, 1.54) is 0 Å². The number of methoxy groups -OCH3 is 1. The van der Waals surface area contributed by atoms with Crippen LogP contribution in [0.3, 0.4) is 0 Å². The molecule has 6 nitrogen and oxygen atoms in total. The topological polar surface area (TPSA) is 62.5 Å². The summed E-state index contributed by atoms with van der Waals surface area (Å²) >= 11 is 0. The maximum absolute atomic E-state index is 10.9. The van der Waals surface area contributed by atoms with Crippen molar-refractivity contribution in [1.82, 2.24) is 20.0 Å². The van der Waals surface area contributed by atoms with E-state index in [4.69, 9.17) is 4.74 Å². The zero-order valence-electron chi connectivity index (χ0n) is 12.0. The molecule has 0 radical (unpaired) electrons. The van der Waals surface area contributed by atoms with E-state index in [0.717, 1.165) is 31.9 Å². The summed E-state index contributed by atoms with van der Waals surface area (Å²) in [5.74, 6) is 0.683. The molecule has 1 aliphatic heterocycles. The van der Waals surface area contributed by atoms with Crippen molar-refractivity contribution in [2.45, 2.75) is 25.0 Å². The minimum atomic E-state index is -0.834. The maximum atomic E-state index is 10.9. The van der Waals surface area contributed by atoms with Crippen molar-refractivity contribution >= 4 is 0 Å². The van der Waals surface area contributed by atoms with Gasteiger partial charge in [-0.15, -0.1) is 0 Å². The Morgan fingerprint density at radius 1 is 1.47 bits per heavy atom. The molecule has 0 bridgehead atoms. The van der Waals surface area contributed by atoms with Crippen molar-refractivity contribution < 1.29 is 9.84 Å². The average Bonchev–Trinajstić information content (AvgIpc) is 2.81. The Morgan fingerprint density at radius 2 is 2.16 bits per heavy atom.